The van der Waals surface area contributed by atoms with E-state index < -0.39 is 0 Å². The summed E-state index contributed by atoms with van der Waals surface area (Å²) >= 11 is 8.95. The molecule has 1 aliphatic heterocycles. The van der Waals surface area contributed by atoms with Crippen molar-refractivity contribution in [1.82, 2.24) is 9.88 Å². The lowest BCUT2D eigenvalue weighted by Gasteiger charge is -2.16. The summed E-state index contributed by atoms with van der Waals surface area (Å²) < 4.78 is 0.954. The van der Waals surface area contributed by atoms with Crippen molar-refractivity contribution < 1.29 is 4.79 Å². The molecule has 2 aliphatic rings. The molecule has 0 saturated carbocycles. The molecule has 5 heteroatoms. The molecule has 0 fully saturated rings. The van der Waals surface area contributed by atoms with E-state index in [-0.39, 0.29) is 5.91 Å². The number of fused-ring (bicyclic) bond motifs is 2. The lowest BCUT2D eigenvalue weighted by Crippen LogP contribution is -2.30. The molecule has 0 radical (unpaired) electrons. The molecular weight excluding hydrogens is 372 g/mol. The zero-order valence-electron chi connectivity index (χ0n) is 12.5. The fraction of sp³-hybridized carbons (Fsp3) is 0.278. The first-order valence-electron chi connectivity index (χ1n) is 7.77. The number of carbonyl (C=O) groups is 1. The molecule has 4 rings (SSSR count). The zero-order valence-corrected chi connectivity index (χ0v) is 14.9. The Labute approximate surface area is 148 Å². The fourth-order valence-electron chi connectivity index (χ4n) is 3.26. The van der Waals surface area contributed by atoms with Crippen LogP contribution in [0.5, 0.6) is 0 Å². The van der Waals surface area contributed by atoms with Crippen LogP contribution in [0.15, 0.2) is 34.8 Å². The maximum atomic E-state index is 12.8. The number of nitrogens with zero attached hydrogens (tertiary/aromatic N) is 2. The van der Waals surface area contributed by atoms with Crippen LogP contribution in [0.2, 0.25) is 0 Å². The first-order valence-corrected chi connectivity index (χ1v) is 8.97. The van der Waals surface area contributed by atoms with Crippen LogP contribution >= 0.6 is 28.1 Å². The summed E-state index contributed by atoms with van der Waals surface area (Å²) in [4.78, 5) is 19.8. The number of hydrogen-bond donors (Lipinski definition) is 0. The van der Waals surface area contributed by atoms with E-state index in [1.54, 1.807) is 4.90 Å². The Morgan fingerprint density at radius 3 is 2.65 bits per heavy atom. The van der Waals surface area contributed by atoms with Gasteiger partial charge < -0.3 is 0 Å². The van der Waals surface area contributed by atoms with Gasteiger partial charge in [0, 0.05) is 21.3 Å². The van der Waals surface area contributed by atoms with Crippen molar-refractivity contribution in [2.45, 2.75) is 32.2 Å². The van der Waals surface area contributed by atoms with Crippen LogP contribution in [0.3, 0.4) is 0 Å². The van der Waals surface area contributed by atoms with E-state index in [2.05, 4.69) is 22.0 Å². The molecule has 0 N–H and O–H groups in total. The summed E-state index contributed by atoms with van der Waals surface area (Å²) in [6.07, 6.45) is 4.52. The number of rotatable bonds is 1. The molecule has 3 nitrogen and oxygen atoms in total. The van der Waals surface area contributed by atoms with Gasteiger partial charge in [0.2, 0.25) is 0 Å². The van der Waals surface area contributed by atoms with E-state index >= 15 is 0 Å². The van der Waals surface area contributed by atoms with E-state index in [0.717, 1.165) is 28.6 Å². The third-order valence-electron chi connectivity index (χ3n) is 4.50. The van der Waals surface area contributed by atoms with Crippen LogP contribution in [0.4, 0.5) is 0 Å². The first-order chi connectivity index (χ1) is 11.1. The molecular formula is C18H15BrN2OS. The molecule has 1 aliphatic carbocycles. The lowest BCUT2D eigenvalue weighted by molar-refractivity contribution is 0.0847. The van der Waals surface area contributed by atoms with Crippen molar-refractivity contribution in [2.75, 3.05) is 0 Å². The van der Waals surface area contributed by atoms with E-state index in [0.29, 0.717) is 17.1 Å². The number of amides is 1. The standard InChI is InChI=1S/C18H15BrN2OS/c19-13-7-5-11(6-8-13)17(22)21-10-16-14(18(21)23)9-12-3-1-2-4-15(12)20-16/h5-9H,1-4,10H2. The summed E-state index contributed by atoms with van der Waals surface area (Å²) in [6, 6.07) is 9.54. The number of thiocarbonyl (C=S) groups is 1. The smallest absolute Gasteiger partial charge is 0.259 e. The monoisotopic (exact) mass is 386 g/mol. The van der Waals surface area contributed by atoms with Crippen LogP contribution in [-0.4, -0.2) is 20.8 Å². The highest BCUT2D eigenvalue weighted by atomic mass is 79.9. The van der Waals surface area contributed by atoms with Gasteiger partial charge in [-0.3, -0.25) is 14.7 Å². The van der Waals surface area contributed by atoms with Gasteiger partial charge in [0.05, 0.1) is 12.2 Å². The van der Waals surface area contributed by atoms with Crippen molar-refractivity contribution in [3.63, 3.8) is 0 Å². The summed E-state index contributed by atoms with van der Waals surface area (Å²) in [5, 5.41) is 0. The van der Waals surface area contributed by atoms with Gasteiger partial charge in [0.1, 0.15) is 4.99 Å². The molecule has 0 bridgehead atoms. The molecule has 1 aromatic carbocycles. The third kappa shape index (κ3) is 2.62. The molecule has 0 saturated heterocycles. The van der Waals surface area contributed by atoms with Gasteiger partial charge >= 0.3 is 0 Å². The fourth-order valence-corrected chi connectivity index (χ4v) is 3.85. The maximum Gasteiger partial charge on any atom is 0.259 e. The predicted molar refractivity (Wildman–Crippen MR) is 96.6 cm³/mol. The average Bonchev–Trinajstić information content (AvgIpc) is 2.89. The van der Waals surface area contributed by atoms with Gasteiger partial charge in [-0.2, -0.15) is 0 Å². The molecule has 116 valence electrons. The molecule has 0 spiro atoms. The minimum Gasteiger partial charge on any atom is -0.292 e. The van der Waals surface area contributed by atoms with E-state index in [1.807, 2.05) is 24.3 Å². The second kappa shape index (κ2) is 5.80. The Morgan fingerprint density at radius 2 is 1.87 bits per heavy atom. The predicted octanol–water partition coefficient (Wildman–Crippen LogP) is 4.05. The number of aromatic nitrogens is 1. The first kappa shape index (κ1) is 15.0. The number of halogens is 1. The largest absolute Gasteiger partial charge is 0.292 e. The highest BCUT2D eigenvalue weighted by Gasteiger charge is 2.32. The van der Waals surface area contributed by atoms with Gasteiger partial charge in [-0.1, -0.05) is 28.1 Å². The van der Waals surface area contributed by atoms with Gasteiger partial charge in [-0.15, -0.1) is 0 Å². The van der Waals surface area contributed by atoms with Crippen LogP contribution < -0.4 is 0 Å². The number of pyridine rings is 1. The minimum atomic E-state index is -0.0570. The summed E-state index contributed by atoms with van der Waals surface area (Å²) in [5.74, 6) is -0.0570. The minimum absolute atomic E-state index is 0.0570. The number of aryl methyl sites for hydroxylation is 2. The van der Waals surface area contributed by atoms with Gasteiger partial charge in [0.25, 0.3) is 5.91 Å². The summed E-state index contributed by atoms with van der Waals surface area (Å²) in [7, 11) is 0. The Morgan fingerprint density at radius 1 is 1.13 bits per heavy atom. The summed E-state index contributed by atoms with van der Waals surface area (Å²) in [6.45, 7) is 0.482. The molecule has 2 heterocycles. The highest BCUT2D eigenvalue weighted by Crippen LogP contribution is 2.29. The van der Waals surface area contributed by atoms with Crippen LogP contribution in [0, 0.1) is 0 Å². The molecule has 23 heavy (non-hydrogen) atoms. The second-order valence-electron chi connectivity index (χ2n) is 6.00. The van der Waals surface area contributed by atoms with Gasteiger partial charge in [0.15, 0.2) is 0 Å². The van der Waals surface area contributed by atoms with E-state index in [1.165, 1.54) is 24.1 Å². The second-order valence-corrected chi connectivity index (χ2v) is 7.30. The molecule has 1 aromatic heterocycles. The number of hydrogen-bond acceptors (Lipinski definition) is 3. The Bertz CT molecular complexity index is 817. The van der Waals surface area contributed by atoms with Crippen LogP contribution in [0.25, 0.3) is 0 Å². The average molecular weight is 387 g/mol. The molecule has 0 atom stereocenters. The maximum absolute atomic E-state index is 12.8. The Kier molecular flexibility index (Phi) is 3.77. The Hall–Kier alpha value is -1.59. The zero-order chi connectivity index (χ0) is 16.0. The van der Waals surface area contributed by atoms with Gasteiger partial charge in [-0.25, -0.2) is 0 Å². The summed E-state index contributed by atoms with van der Waals surface area (Å²) in [5.41, 5.74) is 5.05. The van der Waals surface area contributed by atoms with Crippen molar-refractivity contribution in [3.05, 3.63) is 62.9 Å². The van der Waals surface area contributed by atoms with E-state index in [9.17, 15) is 4.79 Å². The number of carbonyl (C=O) groups excluding carboxylic acids is 1. The highest BCUT2D eigenvalue weighted by molar-refractivity contribution is 9.10. The van der Waals surface area contributed by atoms with Crippen molar-refractivity contribution in [2.24, 2.45) is 0 Å². The third-order valence-corrected chi connectivity index (χ3v) is 5.47. The topological polar surface area (TPSA) is 33.2 Å². The van der Waals surface area contributed by atoms with Crippen molar-refractivity contribution in [1.29, 1.82) is 0 Å². The van der Waals surface area contributed by atoms with Crippen LogP contribution in [-0.2, 0) is 19.4 Å². The Balaban J connectivity index is 1.66. The molecule has 2 aromatic rings. The van der Waals surface area contributed by atoms with Gasteiger partial charge in [-0.05, 0) is 61.6 Å². The van der Waals surface area contributed by atoms with Crippen LogP contribution in [0.1, 0.15) is 45.7 Å². The van der Waals surface area contributed by atoms with Crippen molar-refractivity contribution >= 4 is 39.0 Å². The lowest BCUT2D eigenvalue weighted by atomic mass is 9.94. The molecule has 0 unspecified atom stereocenters. The number of benzene rings is 1. The SMILES string of the molecule is O=C(c1ccc(Br)cc1)N1Cc2nc3c(cc2C1=S)CCCC3. The molecule has 1 amide bonds. The van der Waals surface area contributed by atoms with Crippen molar-refractivity contribution in [3.8, 4) is 0 Å². The quantitative estimate of drug-likeness (QED) is 0.692. The normalized spacial score (nSPS) is 16.2. The van der Waals surface area contributed by atoms with E-state index in [4.69, 9.17) is 17.2 Å².